The smallest absolute Gasteiger partial charge is 0.140 e. The van der Waals surface area contributed by atoms with Crippen LogP contribution in [0.25, 0.3) is 0 Å². The van der Waals surface area contributed by atoms with Crippen molar-refractivity contribution in [2.75, 3.05) is 19.8 Å². The molecule has 0 aromatic heterocycles. The molecule has 0 bridgehead atoms. The van der Waals surface area contributed by atoms with Crippen molar-refractivity contribution in [2.45, 2.75) is 19.3 Å². The maximum atomic E-state index is 11.1. The molecule has 1 fully saturated rings. The predicted molar refractivity (Wildman–Crippen MR) is 40.3 cm³/mol. The number of ether oxygens (including phenoxy) is 1. The van der Waals surface area contributed by atoms with Crippen molar-refractivity contribution >= 4 is 5.78 Å². The van der Waals surface area contributed by atoms with E-state index in [0.29, 0.717) is 31.8 Å². The Labute approximate surface area is 66.4 Å². The minimum absolute atomic E-state index is 0.0518. The van der Waals surface area contributed by atoms with E-state index in [1.54, 1.807) is 0 Å². The Kier molecular flexibility index (Phi) is 3.52. The van der Waals surface area contributed by atoms with Gasteiger partial charge in [-0.15, -0.1) is 0 Å². The van der Waals surface area contributed by atoms with Crippen LogP contribution in [0.3, 0.4) is 0 Å². The topological polar surface area (TPSA) is 46.5 Å². The molecule has 0 aliphatic carbocycles. The average Bonchev–Trinajstić information content (AvgIpc) is 2.03. The molecule has 1 saturated heterocycles. The second-order valence-electron chi connectivity index (χ2n) is 2.85. The van der Waals surface area contributed by atoms with Crippen LogP contribution in [0, 0.1) is 5.92 Å². The van der Waals surface area contributed by atoms with E-state index in [-0.39, 0.29) is 12.5 Å². The van der Waals surface area contributed by atoms with Crippen molar-refractivity contribution < 1.29 is 14.6 Å². The number of carbonyl (C=O) groups is 1. The maximum absolute atomic E-state index is 11.1. The van der Waals surface area contributed by atoms with Gasteiger partial charge in [-0.3, -0.25) is 4.79 Å². The first-order valence-corrected chi connectivity index (χ1v) is 4.06. The van der Waals surface area contributed by atoms with Gasteiger partial charge < -0.3 is 9.84 Å². The van der Waals surface area contributed by atoms with Crippen LogP contribution >= 0.6 is 0 Å². The summed E-state index contributed by atoms with van der Waals surface area (Å²) in [7, 11) is 0. The van der Waals surface area contributed by atoms with E-state index in [1.807, 2.05) is 0 Å². The number of carbonyl (C=O) groups excluding carboxylic acids is 1. The van der Waals surface area contributed by atoms with Crippen molar-refractivity contribution in [3.05, 3.63) is 0 Å². The highest BCUT2D eigenvalue weighted by Crippen LogP contribution is 2.14. The van der Waals surface area contributed by atoms with Gasteiger partial charge in [0.2, 0.25) is 0 Å². The maximum Gasteiger partial charge on any atom is 0.140 e. The van der Waals surface area contributed by atoms with Crippen LogP contribution in [0.15, 0.2) is 0 Å². The SMILES string of the molecule is O=C1CCOCC1CCCO. The van der Waals surface area contributed by atoms with Gasteiger partial charge >= 0.3 is 0 Å². The molecule has 1 heterocycles. The Hall–Kier alpha value is -0.410. The monoisotopic (exact) mass is 158 g/mol. The molecule has 0 aromatic rings. The van der Waals surface area contributed by atoms with E-state index in [0.717, 1.165) is 6.42 Å². The molecule has 0 saturated carbocycles. The zero-order valence-electron chi connectivity index (χ0n) is 6.58. The number of hydrogen-bond acceptors (Lipinski definition) is 3. The third kappa shape index (κ3) is 2.60. The van der Waals surface area contributed by atoms with Crippen molar-refractivity contribution in [3.8, 4) is 0 Å². The highest BCUT2D eigenvalue weighted by molar-refractivity contribution is 5.81. The first-order valence-electron chi connectivity index (χ1n) is 4.06. The van der Waals surface area contributed by atoms with E-state index in [1.165, 1.54) is 0 Å². The van der Waals surface area contributed by atoms with E-state index < -0.39 is 0 Å². The fourth-order valence-corrected chi connectivity index (χ4v) is 1.28. The standard InChI is InChI=1S/C8H14O3/c9-4-1-2-7-6-11-5-3-8(7)10/h7,9H,1-6H2. The zero-order chi connectivity index (χ0) is 8.10. The Morgan fingerprint density at radius 1 is 1.64 bits per heavy atom. The summed E-state index contributed by atoms with van der Waals surface area (Å²) in [6, 6.07) is 0. The molecule has 3 nitrogen and oxygen atoms in total. The molecule has 0 amide bonds. The van der Waals surface area contributed by atoms with Gasteiger partial charge in [0.05, 0.1) is 13.2 Å². The molecule has 11 heavy (non-hydrogen) atoms. The van der Waals surface area contributed by atoms with Crippen LogP contribution in [-0.4, -0.2) is 30.7 Å². The van der Waals surface area contributed by atoms with Crippen molar-refractivity contribution in [2.24, 2.45) is 5.92 Å². The van der Waals surface area contributed by atoms with Crippen molar-refractivity contribution in [1.29, 1.82) is 0 Å². The molecule has 0 aromatic carbocycles. The van der Waals surface area contributed by atoms with Gasteiger partial charge in [0.15, 0.2) is 0 Å². The fraction of sp³-hybridized carbons (Fsp3) is 0.875. The molecule has 1 aliphatic heterocycles. The van der Waals surface area contributed by atoms with Crippen molar-refractivity contribution in [1.82, 2.24) is 0 Å². The highest BCUT2D eigenvalue weighted by atomic mass is 16.5. The Bertz CT molecular complexity index is 133. The molecule has 64 valence electrons. The van der Waals surface area contributed by atoms with Gasteiger partial charge in [-0.2, -0.15) is 0 Å². The highest BCUT2D eigenvalue weighted by Gasteiger charge is 2.21. The minimum Gasteiger partial charge on any atom is -0.396 e. The van der Waals surface area contributed by atoms with Crippen LogP contribution in [0.1, 0.15) is 19.3 Å². The molecule has 3 heteroatoms. The van der Waals surface area contributed by atoms with Gasteiger partial charge in [0.1, 0.15) is 5.78 Å². The number of aliphatic hydroxyl groups is 1. The van der Waals surface area contributed by atoms with Crippen LogP contribution in [-0.2, 0) is 9.53 Å². The fourth-order valence-electron chi connectivity index (χ4n) is 1.28. The normalized spacial score (nSPS) is 25.5. The molecular weight excluding hydrogens is 144 g/mol. The lowest BCUT2D eigenvalue weighted by atomic mass is 9.96. The molecule has 0 radical (unpaired) electrons. The summed E-state index contributed by atoms with van der Waals surface area (Å²) in [4.78, 5) is 11.1. The van der Waals surface area contributed by atoms with Gasteiger partial charge in [-0.05, 0) is 12.8 Å². The molecule has 1 N–H and O–H groups in total. The molecule has 1 rings (SSSR count). The van der Waals surface area contributed by atoms with Crippen LogP contribution in [0.2, 0.25) is 0 Å². The summed E-state index contributed by atoms with van der Waals surface area (Å²) in [5.41, 5.74) is 0. The first kappa shape index (κ1) is 8.68. The minimum atomic E-state index is 0.0518. The lowest BCUT2D eigenvalue weighted by Gasteiger charge is -2.20. The van der Waals surface area contributed by atoms with Gasteiger partial charge in [0.25, 0.3) is 0 Å². The summed E-state index contributed by atoms with van der Waals surface area (Å²) < 4.78 is 5.15. The summed E-state index contributed by atoms with van der Waals surface area (Å²) in [5, 5.41) is 8.53. The molecule has 1 atom stereocenters. The Balaban J connectivity index is 2.24. The second-order valence-corrected chi connectivity index (χ2v) is 2.85. The first-order chi connectivity index (χ1) is 5.34. The quantitative estimate of drug-likeness (QED) is 0.645. The van der Waals surface area contributed by atoms with Crippen LogP contribution < -0.4 is 0 Å². The third-order valence-electron chi connectivity index (χ3n) is 1.98. The lowest BCUT2D eigenvalue weighted by molar-refractivity contribution is -0.130. The Morgan fingerprint density at radius 2 is 2.45 bits per heavy atom. The Morgan fingerprint density at radius 3 is 3.09 bits per heavy atom. The molecule has 1 aliphatic rings. The van der Waals surface area contributed by atoms with Crippen LogP contribution in [0.4, 0.5) is 0 Å². The summed E-state index contributed by atoms with van der Waals surface area (Å²) >= 11 is 0. The largest absolute Gasteiger partial charge is 0.396 e. The number of aliphatic hydroxyl groups excluding tert-OH is 1. The van der Waals surface area contributed by atoms with Gasteiger partial charge in [0, 0.05) is 18.9 Å². The van der Waals surface area contributed by atoms with E-state index >= 15 is 0 Å². The second kappa shape index (κ2) is 4.46. The molecular formula is C8H14O3. The lowest BCUT2D eigenvalue weighted by Crippen LogP contribution is -2.27. The number of Topliss-reactive ketones (excluding diaryl/α,β-unsaturated/α-hetero) is 1. The van der Waals surface area contributed by atoms with Gasteiger partial charge in [-0.25, -0.2) is 0 Å². The zero-order valence-corrected chi connectivity index (χ0v) is 6.58. The number of hydrogen-bond donors (Lipinski definition) is 1. The summed E-state index contributed by atoms with van der Waals surface area (Å²) in [5.74, 6) is 0.348. The molecule has 1 unspecified atom stereocenters. The number of ketones is 1. The summed E-state index contributed by atoms with van der Waals surface area (Å²) in [6.45, 7) is 1.30. The summed E-state index contributed by atoms with van der Waals surface area (Å²) in [6.07, 6.45) is 2.03. The van der Waals surface area contributed by atoms with E-state index in [4.69, 9.17) is 9.84 Å². The number of rotatable bonds is 3. The van der Waals surface area contributed by atoms with Crippen LogP contribution in [0.5, 0.6) is 0 Å². The molecule has 0 spiro atoms. The van der Waals surface area contributed by atoms with E-state index in [2.05, 4.69) is 0 Å². The van der Waals surface area contributed by atoms with E-state index in [9.17, 15) is 4.79 Å². The third-order valence-corrected chi connectivity index (χ3v) is 1.98. The van der Waals surface area contributed by atoms with Crippen molar-refractivity contribution in [3.63, 3.8) is 0 Å². The average molecular weight is 158 g/mol. The van der Waals surface area contributed by atoms with Gasteiger partial charge in [-0.1, -0.05) is 0 Å². The predicted octanol–water partition coefficient (Wildman–Crippen LogP) is 0.364.